The van der Waals surface area contributed by atoms with Gasteiger partial charge in [-0.15, -0.1) is 0 Å². The van der Waals surface area contributed by atoms with Crippen molar-refractivity contribution in [2.75, 3.05) is 7.05 Å². The summed E-state index contributed by atoms with van der Waals surface area (Å²) in [7, 11) is 1.99. The molecule has 1 saturated heterocycles. The number of allylic oxidation sites excluding steroid dienone is 1. The Morgan fingerprint density at radius 1 is 1.10 bits per heavy atom. The third-order valence-corrected chi connectivity index (χ3v) is 7.73. The second-order valence-corrected chi connectivity index (χ2v) is 9.30. The van der Waals surface area contributed by atoms with Crippen molar-refractivity contribution < 1.29 is 9.18 Å². The molecule has 1 amide bonds. The number of amides is 1. The molecule has 2 saturated carbocycles. The van der Waals surface area contributed by atoms with E-state index in [1.54, 1.807) is 6.07 Å². The molecular formula is C26H29FN2O. The van der Waals surface area contributed by atoms with Crippen LogP contribution in [-0.2, 0) is 4.79 Å². The number of aromatic nitrogens is 1. The molecule has 1 aromatic carbocycles. The van der Waals surface area contributed by atoms with E-state index in [0.717, 1.165) is 22.7 Å². The van der Waals surface area contributed by atoms with Crippen LogP contribution in [-0.4, -0.2) is 28.9 Å². The predicted molar refractivity (Wildman–Crippen MR) is 117 cm³/mol. The van der Waals surface area contributed by atoms with Crippen LogP contribution in [0.3, 0.4) is 0 Å². The van der Waals surface area contributed by atoms with E-state index in [4.69, 9.17) is 0 Å². The molecule has 5 atom stereocenters. The molecular weight excluding hydrogens is 375 g/mol. The first-order valence-electron chi connectivity index (χ1n) is 11.3. The SMILES string of the molecule is CN1C(=O)CC2C(/C=C/c3ccc(-c4cccc(F)c4)cn3)C3CCCCC3CC21. The lowest BCUT2D eigenvalue weighted by atomic mass is 9.60. The van der Waals surface area contributed by atoms with Gasteiger partial charge in [0.25, 0.3) is 0 Å². The molecule has 5 rings (SSSR count). The lowest BCUT2D eigenvalue weighted by Crippen LogP contribution is -2.45. The minimum absolute atomic E-state index is 0.235. The molecule has 3 nitrogen and oxygen atoms in total. The first kappa shape index (κ1) is 19.5. The standard InChI is InChI=1S/C26H29FN2O/c1-29-25-14-18-5-2-3-8-22(18)23(24(25)15-26(29)30)12-11-21-10-9-19(16-28-21)17-6-4-7-20(27)13-17/h4,6-7,9-13,16,18,22-25H,2-3,5,8,14-15H2,1H3/b12-11+. The molecule has 0 bridgehead atoms. The normalized spacial score (nSPS) is 31.1. The fourth-order valence-electron chi connectivity index (χ4n) is 6.18. The van der Waals surface area contributed by atoms with Crippen LogP contribution in [0.15, 0.2) is 48.7 Å². The number of benzene rings is 1. The summed E-state index contributed by atoms with van der Waals surface area (Å²) in [5, 5.41) is 0. The number of carbonyl (C=O) groups is 1. The molecule has 2 aromatic rings. The lowest BCUT2D eigenvalue weighted by molar-refractivity contribution is -0.127. The minimum Gasteiger partial charge on any atom is -0.342 e. The summed E-state index contributed by atoms with van der Waals surface area (Å²) in [5.41, 5.74) is 2.67. The van der Waals surface area contributed by atoms with Crippen molar-refractivity contribution in [1.82, 2.24) is 9.88 Å². The van der Waals surface area contributed by atoms with E-state index in [0.29, 0.717) is 36.1 Å². The van der Waals surface area contributed by atoms with E-state index >= 15 is 0 Å². The summed E-state index contributed by atoms with van der Waals surface area (Å²) in [4.78, 5) is 19.0. The summed E-state index contributed by atoms with van der Waals surface area (Å²) < 4.78 is 13.5. The van der Waals surface area contributed by atoms with Crippen LogP contribution in [0.25, 0.3) is 17.2 Å². The predicted octanol–water partition coefficient (Wildman–Crippen LogP) is 5.57. The van der Waals surface area contributed by atoms with Crippen molar-refractivity contribution >= 4 is 12.0 Å². The number of carbonyl (C=O) groups excluding carboxylic acids is 1. The Hall–Kier alpha value is -2.49. The summed E-state index contributed by atoms with van der Waals surface area (Å²) in [6.45, 7) is 0. The smallest absolute Gasteiger partial charge is 0.222 e. The molecule has 3 fully saturated rings. The molecule has 4 heteroatoms. The van der Waals surface area contributed by atoms with E-state index in [-0.39, 0.29) is 5.82 Å². The van der Waals surface area contributed by atoms with Crippen LogP contribution in [0.4, 0.5) is 4.39 Å². The minimum atomic E-state index is -0.235. The second kappa shape index (κ2) is 7.98. The van der Waals surface area contributed by atoms with Crippen LogP contribution in [0.5, 0.6) is 0 Å². The third kappa shape index (κ3) is 3.57. The second-order valence-electron chi connectivity index (χ2n) is 9.30. The number of rotatable bonds is 3. The quantitative estimate of drug-likeness (QED) is 0.670. The summed E-state index contributed by atoms with van der Waals surface area (Å²) in [6.07, 6.45) is 13.4. The first-order chi connectivity index (χ1) is 14.6. The van der Waals surface area contributed by atoms with Gasteiger partial charge in [-0.2, -0.15) is 0 Å². The molecule has 2 heterocycles. The highest BCUT2D eigenvalue weighted by molar-refractivity contribution is 5.79. The van der Waals surface area contributed by atoms with Crippen molar-refractivity contribution in [3.05, 3.63) is 60.2 Å². The maximum absolute atomic E-state index is 13.5. The Bertz CT molecular complexity index is 954. The monoisotopic (exact) mass is 404 g/mol. The van der Waals surface area contributed by atoms with Gasteiger partial charge >= 0.3 is 0 Å². The average Bonchev–Trinajstić information content (AvgIpc) is 3.05. The Labute approximate surface area is 178 Å². The molecule has 156 valence electrons. The zero-order chi connectivity index (χ0) is 20.7. The van der Waals surface area contributed by atoms with Gasteiger partial charge in [-0.05, 0) is 66.4 Å². The number of pyridine rings is 1. The van der Waals surface area contributed by atoms with Crippen LogP contribution < -0.4 is 0 Å². The highest BCUT2D eigenvalue weighted by Crippen LogP contribution is 2.51. The largest absolute Gasteiger partial charge is 0.342 e. The molecule has 0 spiro atoms. The van der Waals surface area contributed by atoms with Gasteiger partial charge in [0, 0.05) is 31.3 Å². The van der Waals surface area contributed by atoms with E-state index in [1.807, 2.05) is 36.3 Å². The number of hydrogen-bond donors (Lipinski definition) is 0. The molecule has 0 radical (unpaired) electrons. The molecule has 1 aliphatic heterocycles. The van der Waals surface area contributed by atoms with Crippen LogP contribution in [0.1, 0.15) is 44.2 Å². The summed E-state index contributed by atoms with van der Waals surface area (Å²) >= 11 is 0. The number of fused-ring (bicyclic) bond motifs is 2. The van der Waals surface area contributed by atoms with Gasteiger partial charge in [-0.25, -0.2) is 4.39 Å². The van der Waals surface area contributed by atoms with Crippen molar-refractivity contribution in [3.63, 3.8) is 0 Å². The summed E-state index contributed by atoms with van der Waals surface area (Å²) in [6, 6.07) is 11.0. The van der Waals surface area contributed by atoms with Gasteiger partial charge < -0.3 is 4.90 Å². The Balaban J connectivity index is 1.38. The van der Waals surface area contributed by atoms with Gasteiger partial charge in [0.1, 0.15) is 5.82 Å². The van der Waals surface area contributed by atoms with E-state index in [1.165, 1.54) is 44.2 Å². The Morgan fingerprint density at radius 3 is 2.77 bits per heavy atom. The number of nitrogens with zero attached hydrogens (tertiary/aromatic N) is 2. The number of likely N-dealkylation sites (tertiary alicyclic amines) is 1. The topological polar surface area (TPSA) is 33.2 Å². The van der Waals surface area contributed by atoms with Crippen molar-refractivity contribution in [2.45, 2.75) is 44.6 Å². The van der Waals surface area contributed by atoms with Crippen LogP contribution in [0, 0.1) is 29.5 Å². The molecule has 2 aliphatic carbocycles. The zero-order valence-electron chi connectivity index (χ0n) is 17.5. The third-order valence-electron chi connectivity index (χ3n) is 7.73. The van der Waals surface area contributed by atoms with Gasteiger partial charge in [0.05, 0.1) is 5.69 Å². The van der Waals surface area contributed by atoms with Crippen LogP contribution in [0.2, 0.25) is 0 Å². The highest BCUT2D eigenvalue weighted by atomic mass is 19.1. The van der Waals surface area contributed by atoms with Gasteiger partial charge in [0.15, 0.2) is 0 Å². The fraction of sp³-hybridized carbons (Fsp3) is 0.462. The Kier molecular flexibility index (Phi) is 5.18. The van der Waals surface area contributed by atoms with Crippen molar-refractivity contribution in [1.29, 1.82) is 0 Å². The fourth-order valence-corrected chi connectivity index (χ4v) is 6.18. The van der Waals surface area contributed by atoms with E-state index < -0.39 is 0 Å². The summed E-state index contributed by atoms with van der Waals surface area (Å²) in [5.74, 6) is 2.40. The number of halogens is 1. The van der Waals surface area contributed by atoms with Gasteiger partial charge in [-0.1, -0.05) is 43.5 Å². The molecule has 3 aliphatic rings. The Morgan fingerprint density at radius 2 is 1.97 bits per heavy atom. The lowest BCUT2D eigenvalue weighted by Gasteiger charge is -2.47. The molecule has 1 aromatic heterocycles. The maximum atomic E-state index is 13.5. The maximum Gasteiger partial charge on any atom is 0.222 e. The first-order valence-corrected chi connectivity index (χ1v) is 11.3. The molecule has 5 unspecified atom stereocenters. The van der Waals surface area contributed by atoms with Crippen molar-refractivity contribution in [3.8, 4) is 11.1 Å². The average molecular weight is 405 g/mol. The van der Waals surface area contributed by atoms with E-state index in [2.05, 4.69) is 17.1 Å². The molecule has 30 heavy (non-hydrogen) atoms. The number of hydrogen-bond acceptors (Lipinski definition) is 2. The van der Waals surface area contributed by atoms with E-state index in [9.17, 15) is 9.18 Å². The van der Waals surface area contributed by atoms with Crippen molar-refractivity contribution in [2.24, 2.45) is 23.7 Å². The van der Waals surface area contributed by atoms with Gasteiger partial charge in [0.2, 0.25) is 5.91 Å². The zero-order valence-corrected chi connectivity index (χ0v) is 17.5. The molecule has 0 N–H and O–H groups in total. The van der Waals surface area contributed by atoms with Gasteiger partial charge in [-0.3, -0.25) is 9.78 Å². The highest BCUT2D eigenvalue weighted by Gasteiger charge is 2.50. The van der Waals surface area contributed by atoms with Crippen LogP contribution >= 0.6 is 0 Å².